The lowest BCUT2D eigenvalue weighted by atomic mass is 9.88. The van der Waals surface area contributed by atoms with Crippen LogP contribution in [-0.2, 0) is 4.79 Å². The number of hydrogen-bond donors (Lipinski definition) is 2. The van der Waals surface area contributed by atoms with Crippen LogP contribution in [0.2, 0.25) is 0 Å². The fraction of sp³-hybridized carbons (Fsp3) is 0.952. The summed E-state index contributed by atoms with van der Waals surface area (Å²) in [6.07, 6.45) is 14.8. The topological polar surface area (TPSA) is 52.6 Å². The van der Waals surface area contributed by atoms with E-state index in [2.05, 4.69) is 17.1 Å². The largest absolute Gasteiger partial charge is 0.396 e. The number of amides is 1. The van der Waals surface area contributed by atoms with E-state index in [0.29, 0.717) is 12.0 Å². The maximum absolute atomic E-state index is 12.4. The molecule has 1 amide bonds. The van der Waals surface area contributed by atoms with Gasteiger partial charge in [-0.15, -0.1) is 0 Å². The minimum atomic E-state index is 0.196. The van der Waals surface area contributed by atoms with Crippen LogP contribution >= 0.6 is 0 Å². The molecule has 0 aromatic carbocycles. The Morgan fingerprint density at radius 2 is 1.76 bits per heavy atom. The van der Waals surface area contributed by atoms with Gasteiger partial charge in [-0.05, 0) is 49.9 Å². The van der Waals surface area contributed by atoms with Gasteiger partial charge in [0.2, 0.25) is 5.91 Å². The number of nitrogens with one attached hydrogen (secondary N) is 1. The van der Waals surface area contributed by atoms with Gasteiger partial charge in [-0.25, -0.2) is 0 Å². The number of aliphatic hydroxyl groups is 1. The van der Waals surface area contributed by atoms with Gasteiger partial charge in [0.25, 0.3) is 0 Å². The Morgan fingerprint density at radius 3 is 2.44 bits per heavy atom. The van der Waals surface area contributed by atoms with Crippen LogP contribution in [0.3, 0.4) is 0 Å². The first-order chi connectivity index (χ1) is 12.1. The van der Waals surface area contributed by atoms with Gasteiger partial charge >= 0.3 is 0 Å². The van der Waals surface area contributed by atoms with Gasteiger partial charge in [0.1, 0.15) is 0 Å². The third-order valence-electron chi connectivity index (χ3n) is 6.18. The van der Waals surface area contributed by atoms with E-state index in [1.807, 2.05) is 0 Å². The number of hydrogen-bond acceptors (Lipinski definition) is 3. The third kappa shape index (κ3) is 8.08. The zero-order valence-corrected chi connectivity index (χ0v) is 16.4. The van der Waals surface area contributed by atoms with Crippen LogP contribution in [0, 0.1) is 11.3 Å². The first-order valence-corrected chi connectivity index (χ1v) is 10.7. The molecule has 0 unspecified atom stereocenters. The van der Waals surface area contributed by atoms with Crippen molar-refractivity contribution in [2.75, 3.05) is 32.8 Å². The number of carbonyl (C=O) groups excluding carboxylic acids is 1. The number of carbonyl (C=O) groups is 1. The molecule has 0 radical (unpaired) electrons. The van der Waals surface area contributed by atoms with Gasteiger partial charge in [-0.3, -0.25) is 9.69 Å². The van der Waals surface area contributed by atoms with Crippen LogP contribution in [0.4, 0.5) is 0 Å². The highest BCUT2D eigenvalue weighted by molar-refractivity contribution is 5.77. The van der Waals surface area contributed by atoms with Gasteiger partial charge in [0.15, 0.2) is 0 Å². The van der Waals surface area contributed by atoms with E-state index >= 15 is 0 Å². The van der Waals surface area contributed by atoms with Gasteiger partial charge in [-0.2, -0.15) is 0 Å². The first-order valence-electron chi connectivity index (χ1n) is 10.7. The fourth-order valence-electron chi connectivity index (χ4n) is 4.75. The highest BCUT2D eigenvalue weighted by Gasteiger charge is 2.32. The second kappa shape index (κ2) is 11.2. The molecule has 2 rings (SSSR count). The number of nitrogens with zero attached hydrogens (tertiary/aromatic N) is 1. The molecule has 0 spiro atoms. The lowest BCUT2D eigenvalue weighted by Crippen LogP contribution is -2.43. The van der Waals surface area contributed by atoms with Crippen molar-refractivity contribution in [2.24, 2.45) is 11.3 Å². The van der Waals surface area contributed by atoms with Crippen LogP contribution in [0.1, 0.15) is 84.0 Å². The normalized spacial score (nSPS) is 20.4. The van der Waals surface area contributed by atoms with Crippen molar-refractivity contribution in [1.82, 2.24) is 10.2 Å². The zero-order valence-electron chi connectivity index (χ0n) is 16.4. The van der Waals surface area contributed by atoms with Gasteiger partial charge in [0.05, 0.1) is 6.54 Å². The van der Waals surface area contributed by atoms with Gasteiger partial charge in [0, 0.05) is 26.2 Å². The minimum absolute atomic E-state index is 0.196. The molecule has 25 heavy (non-hydrogen) atoms. The molecule has 4 heteroatoms. The van der Waals surface area contributed by atoms with Crippen molar-refractivity contribution in [2.45, 2.75) is 84.0 Å². The Morgan fingerprint density at radius 1 is 1.08 bits per heavy atom. The molecule has 2 saturated carbocycles. The monoisotopic (exact) mass is 352 g/mol. The smallest absolute Gasteiger partial charge is 0.234 e. The number of rotatable bonds is 12. The Bertz CT molecular complexity index is 374. The Labute approximate surface area is 154 Å². The van der Waals surface area contributed by atoms with Crippen LogP contribution in [0.25, 0.3) is 0 Å². The quantitative estimate of drug-likeness (QED) is 0.526. The van der Waals surface area contributed by atoms with Crippen molar-refractivity contribution >= 4 is 5.91 Å². The molecule has 0 bridgehead atoms. The van der Waals surface area contributed by atoms with E-state index in [4.69, 9.17) is 5.11 Å². The first kappa shape index (κ1) is 20.7. The summed E-state index contributed by atoms with van der Waals surface area (Å²) in [5.74, 6) is 0.998. The van der Waals surface area contributed by atoms with Crippen LogP contribution in [0.15, 0.2) is 0 Å². The Kier molecular flexibility index (Phi) is 9.25. The molecule has 2 fully saturated rings. The number of aliphatic hydroxyl groups excluding tert-OH is 1. The molecule has 0 aromatic rings. The summed E-state index contributed by atoms with van der Waals surface area (Å²) < 4.78 is 0. The van der Waals surface area contributed by atoms with Gasteiger partial charge in [-0.1, -0.05) is 45.4 Å². The summed E-state index contributed by atoms with van der Waals surface area (Å²) in [6.45, 7) is 6.25. The molecular weight excluding hydrogens is 312 g/mol. The molecule has 0 atom stereocenters. The standard InChI is InChI=1S/C21H40N2O2/c1-21(12-6-7-13-21)18-23(16-19-10-4-5-11-19)17-20(25)22-14-8-2-3-9-15-24/h19,24H,2-18H2,1H3,(H,22,25). The second-order valence-corrected chi connectivity index (χ2v) is 8.83. The zero-order chi connectivity index (χ0) is 18.0. The lowest BCUT2D eigenvalue weighted by Gasteiger charge is -2.33. The van der Waals surface area contributed by atoms with Crippen LogP contribution in [0.5, 0.6) is 0 Å². The molecule has 2 N–H and O–H groups in total. The minimum Gasteiger partial charge on any atom is -0.396 e. The van der Waals surface area contributed by atoms with E-state index in [0.717, 1.165) is 51.2 Å². The highest BCUT2D eigenvalue weighted by atomic mass is 16.2. The van der Waals surface area contributed by atoms with E-state index in [9.17, 15) is 4.79 Å². The summed E-state index contributed by atoms with van der Waals surface area (Å²) in [5.41, 5.74) is 0.420. The SMILES string of the molecule is CC1(CN(CC(=O)NCCCCCCO)CC2CCCC2)CCCC1. The van der Waals surface area contributed by atoms with Crippen molar-refractivity contribution < 1.29 is 9.90 Å². The fourth-order valence-corrected chi connectivity index (χ4v) is 4.75. The summed E-state index contributed by atoms with van der Waals surface area (Å²) in [7, 11) is 0. The average molecular weight is 353 g/mol. The average Bonchev–Trinajstić information content (AvgIpc) is 3.22. The van der Waals surface area contributed by atoms with Crippen molar-refractivity contribution in [1.29, 1.82) is 0 Å². The predicted molar refractivity (Wildman–Crippen MR) is 104 cm³/mol. The van der Waals surface area contributed by atoms with Crippen molar-refractivity contribution in [3.8, 4) is 0 Å². The summed E-state index contributed by atoms with van der Waals surface area (Å²) >= 11 is 0. The van der Waals surface area contributed by atoms with E-state index in [-0.39, 0.29) is 12.5 Å². The summed E-state index contributed by atoms with van der Waals surface area (Å²) in [6, 6.07) is 0. The lowest BCUT2D eigenvalue weighted by molar-refractivity contribution is -0.122. The number of unbranched alkanes of at least 4 members (excludes halogenated alkanes) is 3. The van der Waals surface area contributed by atoms with Crippen LogP contribution in [-0.4, -0.2) is 48.7 Å². The van der Waals surface area contributed by atoms with Crippen molar-refractivity contribution in [3.05, 3.63) is 0 Å². The molecule has 0 saturated heterocycles. The Balaban J connectivity index is 1.73. The molecular formula is C21H40N2O2. The second-order valence-electron chi connectivity index (χ2n) is 8.83. The van der Waals surface area contributed by atoms with Crippen LogP contribution < -0.4 is 5.32 Å². The Hall–Kier alpha value is -0.610. The maximum atomic E-state index is 12.4. The van der Waals surface area contributed by atoms with Gasteiger partial charge < -0.3 is 10.4 Å². The predicted octanol–water partition coefficient (Wildman–Crippen LogP) is 3.73. The molecule has 2 aliphatic rings. The summed E-state index contributed by atoms with van der Waals surface area (Å²) in [4.78, 5) is 14.9. The molecule has 0 aliphatic heterocycles. The molecule has 2 aliphatic carbocycles. The molecule has 4 nitrogen and oxygen atoms in total. The maximum Gasteiger partial charge on any atom is 0.234 e. The van der Waals surface area contributed by atoms with Crippen molar-refractivity contribution in [3.63, 3.8) is 0 Å². The van der Waals surface area contributed by atoms with E-state index in [1.54, 1.807) is 0 Å². The third-order valence-corrected chi connectivity index (χ3v) is 6.18. The molecule has 0 heterocycles. The summed E-state index contributed by atoms with van der Waals surface area (Å²) in [5, 5.41) is 11.9. The van der Waals surface area contributed by atoms with E-state index in [1.165, 1.54) is 51.4 Å². The molecule has 146 valence electrons. The molecule has 0 aromatic heterocycles. The van der Waals surface area contributed by atoms with E-state index < -0.39 is 0 Å². The highest BCUT2D eigenvalue weighted by Crippen LogP contribution is 2.38.